The van der Waals surface area contributed by atoms with Crippen molar-refractivity contribution in [2.45, 2.75) is 31.8 Å². The smallest absolute Gasteiger partial charge is 0.0586 e. The molecule has 0 bridgehead atoms. The molecule has 2 unspecified atom stereocenters. The molecule has 0 spiro atoms. The first-order chi connectivity index (χ1) is 9.74. The van der Waals surface area contributed by atoms with Crippen LogP contribution in [0.25, 0.3) is 21.5 Å². The highest BCUT2D eigenvalue weighted by molar-refractivity contribution is 6.08. The second-order valence-electron chi connectivity index (χ2n) is 6.01. The summed E-state index contributed by atoms with van der Waals surface area (Å²) in [5.74, 6) is 0.429. The Labute approximate surface area is 118 Å². The number of rotatable bonds is 0. The molecule has 1 aliphatic rings. The van der Waals surface area contributed by atoms with E-state index in [1.807, 2.05) is 0 Å². The summed E-state index contributed by atoms with van der Waals surface area (Å²) in [7, 11) is 0. The van der Waals surface area contributed by atoms with Crippen LogP contribution in [0, 0.1) is 0 Å². The Morgan fingerprint density at radius 3 is 2.60 bits per heavy atom. The molecule has 0 aliphatic heterocycles. The molecule has 0 heterocycles. The number of benzene rings is 3. The van der Waals surface area contributed by atoms with Crippen LogP contribution < -0.4 is 0 Å². The number of hydrogen-bond donors (Lipinski definition) is 1. The van der Waals surface area contributed by atoms with Crippen LogP contribution in [-0.4, -0.2) is 11.2 Å². The summed E-state index contributed by atoms with van der Waals surface area (Å²) >= 11 is 0. The average molecular weight is 262 g/mol. The average Bonchev–Trinajstić information content (AvgIpc) is 2.46. The molecule has 4 rings (SSSR count). The van der Waals surface area contributed by atoms with Crippen LogP contribution >= 0.6 is 0 Å². The summed E-state index contributed by atoms with van der Waals surface area (Å²) in [5.41, 5.74) is 2.76. The molecule has 0 saturated heterocycles. The third-order valence-corrected chi connectivity index (χ3v) is 4.63. The Balaban J connectivity index is 2.10. The predicted molar refractivity (Wildman–Crippen MR) is 84.2 cm³/mol. The fourth-order valence-electron chi connectivity index (χ4n) is 3.78. The Kier molecular flexibility index (Phi) is 2.58. The minimum Gasteiger partial charge on any atom is -0.393 e. The highest BCUT2D eigenvalue weighted by atomic mass is 16.3. The first-order valence-corrected chi connectivity index (χ1v) is 7.35. The van der Waals surface area contributed by atoms with Gasteiger partial charge in [-0.05, 0) is 51.4 Å². The highest BCUT2D eigenvalue weighted by Crippen LogP contribution is 2.38. The van der Waals surface area contributed by atoms with Crippen molar-refractivity contribution in [1.82, 2.24) is 0 Å². The lowest BCUT2D eigenvalue weighted by molar-refractivity contribution is 0.149. The van der Waals surface area contributed by atoms with Gasteiger partial charge in [0.25, 0.3) is 0 Å². The van der Waals surface area contributed by atoms with E-state index in [1.165, 1.54) is 32.7 Å². The largest absolute Gasteiger partial charge is 0.393 e. The molecule has 3 aromatic rings. The first-order valence-electron chi connectivity index (χ1n) is 7.35. The normalized spacial score (nSPS) is 22.1. The molecular formula is C19H18O. The van der Waals surface area contributed by atoms with Crippen molar-refractivity contribution in [3.05, 3.63) is 59.7 Å². The van der Waals surface area contributed by atoms with Gasteiger partial charge in [-0.15, -0.1) is 0 Å². The lowest BCUT2D eigenvalue weighted by Crippen LogP contribution is -2.21. The van der Waals surface area contributed by atoms with Crippen LogP contribution in [0.5, 0.6) is 0 Å². The monoisotopic (exact) mass is 262 g/mol. The van der Waals surface area contributed by atoms with Crippen LogP contribution in [0.15, 0.2) is 48.5 Å². The molecule has 20 heavy (non-hydrogen) atoms. The topological polar surface area (TPSA) is 20.2 Å². The molecule has 100 valence electrons. The zero-order valence-corrected chi connectivity index (χ0v) is 11.6. The third-order valence-electron chi connectivity index (χ3n) is 4.63. The zero-order chi connectivity index (χ0) is 13.7. The Morgan fingerprint density at radius 2 is 1.70 bits per heavy atom. The molecule has 0 radical (unpaired) electrons. The van der Waals surface area contributed by atoms with E-state index in [4.69, 9.17) is 0 Å². The van der Waals surface area contributed by atoms with Gasteiger partial charge < -0.3 is 5.11 Å². The van der Waals surface area contributed by atoms with Crippen LogP contribution in [0.4, 0.5) is 0 Å². The van der Waals surface area contributed by atoms with Gasteiger partial charge in [-0.3, -0.25) is 0 Å². The Morgan fingerprint density at radius 1 is 0.900 bits per heavy atom. The van der Waals surface area contributed by atoms with Crippen molar-refractivity contribution in [2.75, 3.05) is 0 Å². The third kappa shape index (κ3) is 1.66. The van der Waals surface area contributed by atoms with Gasteiger partial charge in [0, 0.05) is 0 Å². The summed E-state index contributed by atoms with van der Waals surface area (Å²) in [6, 6.07) is 17.5. The second kappa shape index (κ2) is 4.32. The molecule has 0 saturated carbocycles. The van der Waals surface area contributed by atoms with Crippen LogP contribution in [0.2, 0.25) is 0 Å². The summed E-state index contributed by atoms with van der Waals surface area (Å²) in [5, 5.41) is 15.3. The molecule has 1 aliphatic carbocycles. The van der Waals surface area contributed by atoms with E-state index in [2.05, 4.69) is 55.5 Å². The molecule has 0 aromatic heterocycles. The van der Waals surface area contributed by atoms with Crippen LogP contribution in [0.1, 0.15) is 30.4 Å². The predicted octanol–water partition coefficient (Wildman–Crippen LogP) is 4.40. The van der Waals surface area contributed by atoms with Crippen molar-refractivity contribution in [2.24, 2.45) is 0 Å². The maximum absolute atomic E-state index is 9.97. The van der Waals surface area contributed by atoms with E-state index in [0.29, 0.717) is 5.92 Å². The summed E-state index contributed by atoms with van der Waals surface area (Å²) in [6.07, 6.45) is 1.48. The van der Waals surface area contributed by atoms with Crippen molar-refractivity contribution in [1.29, 1.82) is 0 Å². The van der Waals surface area contributed by atoms with Crippen LogP contribution in [-0.2, 0) is 6.42 Å². The van der Waals surface area contributed by atoms with Gasteiger partial charge in [0.2, 0.25) is 0 Å². The molecule has 2 atom stereocenters. The lowest BCUT2D eigenvalue weighted by atomic mass is 9.79. The number of aliphatic hydroxyl groups is 1. The van der Waals surface area contributed by atoms with E-state index in [-0.39, 0.29) is 6.10 Å². The SMILES string of the molecule is CC1CC(O)Cc2ccc3c(ccc4ccccc43)c21. The number of aliphatic hydroxyl groups excluding tert-OH is 1. The molecule has 0 amide bonds. The van der Waals surface area contributed by atoms with Crippen molar-refractivity contribution in [3.63, 3.8) is 0 Å². The Bertz CT molecular complexity index is 803. The summed E-state index contributed by atoms with van der Waals surface area (Å²) in [4.78, 5) is 0. The van der Waals surface area contributed by atoms with Crippen molar-refractivity contribution >= 4 is 21.5 Å². The fraction of sp³-hybridized carbons (Fsp3) is 0.263. The van der Waals surface area contributed by atoms with Gasteiger partial charge in [-0.25, -0.2) is 0 Å². The van der Waals surface area contributed by atoms with Gasteiger partial charge >= 0.3 is 0 Å². The Hall–Kier alpha value is -1.86. The maximum atomic E-state index is 9.97. The maximum Gasteiger partial charge on any atom is 0.0586 e. The van der Waals surface area contributed by atoms with E-state index in [1.54, 1.807) is 0 Å². The van der Waals surface area contributed by atoms with Gasteiger partial charge in [0.1, 0.15) is 0 Å². The van der Waals surface area contributed by atoms with E-state index >= 15 is 0 Å². The minimum absolute atomic E-state index is 0.185. The molecule has 3 aromatic carbocycles. The van der Waals surface area contributed by atoms with Crippen LogP contribution in [0.3, 0.4) is 0 Å². The van der Waals surface area contributed by atoms with Gasteiger partial charge in [-0.2, -0.15) is 0 Å². The first kappa shape index (κ1) is 11.9. The van der Waals surface area contributed by atoms with E-state index < -0.39 is 0 Å². The van der Waals surface area contributed by atoms with E-state index in [0.717, 1.165) is 12.8 Å². The minimum atomic E-state index is -0.185. The number of hydrogen-bond acceptors (Lipinski definition) is 1. The zero-order valence-electron chi connectivity index (χ0n) is 11.6. The van der Waals surface area contributed by atoms with Gasteiger partial charge in [0.15, 0.2) is 0 Å². The lowest BCUT2D eigenvalue weighted by Gasteiger charge is -2.28. The molecule has 1 nitrogen and oxygen atoms in total. The van der Waals surface area contributed by atoms with Crippen molar-refractivity contribution < 1.29 is 5.11 Å². The van der Waals surface area contributed by atoms with Crippen molar-refractivity contribution in [3.8, 4) is 0 Å². The second-order valence-corrected chi connectivity index (χ2v) is 6.01. The molecule has 1 heteroatoms. The molecular weight excluding hydrogens is 244 g/mol. The summed E-state index contributed by atoms with van der Waals surface area (Å²) < 4.78 is 0. The standard InChI is InChI=1S/C19H18O/c1-12-10-15(20)11-14-7-8-17-16-5-3-2-4-13(16)6-9-18(17)19(12)14/h2-9,12,15,20H,10-11H2,1H3. The molecule has 1 N–H and O–H groups in total. The van der Waals surface area contributed by atoms with E-state index in [9.17, 15) is 5.11 Å². The molecule has 0 fully saturated rings. The fourth-order valence-corrected chi connectivity index (χ4v) is 3.78. The quantitative estimate of drug-likeness (QED) is 0.595. The van der Waals surface area contributed by atoms with Gasteiger partial charge in [-0.1, -0.05) is 55.5 Å². The number of fused-ring (bicyclic) bond motifs is 5. The van der Waals surface area contributed by atoms with Gasteiger partial charge in [0.05, 0.1) is 6.10 Å². The highest BCUT2D eigenvalue weighted by Gasteiger charge is 2.24. The summed E-state index contributed by atoms with van der Waals surface area (Å²) in [6.45, 7) is 2.23.